The van der Waals surface area contributed by atoms with Crippen LogP contribution in [0.4, 0.5) is 0 Å². The zero-order valence-electron chi connectivity index (χ0n) is 14.5. The van der Waals surface area contributed by atoms with Crippen molar-refractivity contribution in [3.05, 3.63) is 44.1 Å². The Hall–Kier alpha value is -1.97. The number of rotatable bonds is 5. The van der Waals surface area contributed by atoms with Crippen molar-refractivity contribution in [3.63, 3.8) is 0 Å². The van der Waals surface area contributed by atoms with E-state index in [9.17, 15) is 9.59 Å². The second-order valence-corrected chi connectivity index (χ2v) is 8.68. The number of amides is 1. The minimum absolute atomic E-state index is 0.0703. The fourth-order valence-electron chi connectivity index (χ4n) is 2.38. The number of carbonyl (C=O) groups excluding carboxylic acids is 1. The quantitative estimate of drug-likeness (QED) is 0.385. The molecule has 2 N–H and O–H groups in total. The Morgan fingerprint density at radius 3 is 2.73 bits per heavy atom. The van der Waals surface area contributed by atoms with Crippen molar-refractivity contribution < 1.29 is 4.79 Å². The highest BCUT2D eigenvalue weighted by atomic mass is 32.2. The van der Waals surface area contributed by atoms with Gasteiger partial charge in [0, 0.05) is 11.7 Å². The van der Waals surface area contributed by atoms with Crippen molar-refractivity contribution in [3.8, 4) is 5.69 Å². The van der Waals surface area contributed by atoms with Gasteiger partial charge in [0.15, 0.2) is 14.8 Å². The van der Waals surface area contributed by atoms with E-state index >= 15 is 0 Å². The zero-order chi connectivity index (χ0) is 18.8. The predicted molar refractivity (Wildman–Crippen MR) is 109 cm³/mol. The molecule has 9 heteroatoms. The van der Waals surface area contributed by atoms with Gasteiger partial charge < -0.3 is 10.3 Å². The van der Waals surface area contributed by atoms with Gasteiger partial charge in [-0.05, 0) is 45.1 Å². The van der Waals surface area contributed by atoms with E-state index in [4.69, 9.17) is 12.2 Å². The van der Waals surface area contributed by atoms with E-state index in [-0.39, 0.29) is 23.3 Å². The van der Waals surface area contributed by atoms with Crippen LogP contribution in [-0.4, -0.2) is 32.2 Å². The highest BCUT2D eigenvalue weighted by Gasteiger charge is 2.14. The third-order valence-electron chi connectivity index (χ3n) is 3.50. The van der Waals surface area contributed by atoms with Crippen LogP contribution in [0.3, 0.4) is 0 Å². The lowest BCUT2D eigenvalue weighted by molar-refractivity contribution is -0.119. The summed E-state index contributed by atoms with van der Waals surface area (Å²) in [5.74, 6) is 0.0793. The molecular formula is C17H18N4O2S3. The number of benzene rings is 1. The average molecular weight is 407 g/mol. The molecule has 0 fully saturated rings. The highest BCUT2D eigenvalue weighted by Crippen LogP contribution is 2.24. The molecule has 0 aliphatic rings. The first-order chi connectivity index (χ1) is 12.3. The molecule has 2 heterocycles. The largest absolute Gasteiger partial charge is 0.353 e. The average Bonchev–Trinajstić information content (AvgIpc) is 2.90. The Bertz CT molecular complexity index is 1060. The highest BCUT2D eigenvalue weighted by molar-refractivity contribution is 7.99. The van der Waals surface area contributed by atoms with E-state index in [1.54, 1.807) is 4.57 Å². The number of carbonyl (C=O) groups is 1. The summed E-state index contributed by atoms with van der Waals surface area (Å²) in [7, 11) is 0. The van der Waals surface area contributed by atoms with Gasteiger partial charge >= 0.3 is 0 Å². The van der Waals surface area contributed by atoms with Gasteiger partial charge in [0.05, 0.1) is 5.75 Å². The molecule has 3 rings (SSSR count). The molecule has 0 bridgehead atoms. The van der Waals surface area contributed by atoms with Crippen molar-refractivity contribution >= 4 is 51.6 Å². The monoisotopic (exact) mass is 406 g/mol. The second kappa shape index (κ2) is 7.73. The van der Waals surface area contributed by atoms with E-state index in [0.29, 0.717) is 19.5 Å². The van der Waals surface area contributed by atoms with Gasteiger partial charge in [-0.3, -0.25) is 14.2 Å². The summed E-state index contributed by atoms with van der Waals surface area (Å²) in [6.45, 7) is 5.81. The first kappa shape index (κ1) is 18.8. The summed E-state index contributed by atoms with van der Waals surface area (Å²) < 4.78 is 2.83. The Kier molecular flexibility index (Phi) is 5.59. The minimum atomic E-state index is -0.247. The van der Waals surface area contributed by atoms with Crippen molar-refractivity contribution in [1.82, 2.24) is 19.9 Å². The fraction of sp³-hybridized carbons (Fsp3) is 0.294. The summed E-state index contributed by atoms with van der Waals surface area (Å²) >= 11 is 7.86. The number of hydrogen-bond donors (Lipinski definition) is 2. The van der Waals surface area contributed by atoms with Crippen LogP contribution in [0.15, 0.2) is 34.2 Å². The van der Waals surface area contributed by atoms with E-state index in [1.165, 1.54) is 23.1 Å². The molecule has 0 aliphatic heterocycles. The van der Waals surface area contributed by atoms with E-state index in [2.05, 4.69) is 15.3 Å². The number of H-pyrrole nitrogens is 1. The zero-order valence-corrected chi connectivity index (χ0v) is 17.0. The van der Waals surface area contributed by atoms with Crippen LogP contribution in [0.5, 0.6) is 0 Å². The smallest absolute Gasteiger partial charge is 0.271 e. The maximum atomic E-state index is 12.4. The molecule has 136 valence electrons. The molecule has 0 aliphatic carbocycles. The Balaban J connectivity index is 2.00. The topological polar surface area (TPSA) is 79.8 Å². The summed E-state index contributed by atoms with van der Waals surface area (Å²) in [4.78, 5) is 31.5. The minimum Gasteiger partial charge on any atom is -0.353 e. The molecule has 0 spiro atoms. The molecule has 0 saturated carbocycles. The normalized spacial score (nSPS) is 11.2. The van der Waals surface area contributed by atoms with Gasteiger partial charge in [-0.1, -0.05) is 40.8 Å². The standard InChI is InChI=1S/C17H18N4O2S3/c1-9(2)18-12(22)8-25-16-19-14-13(15(23)20-16)26-17(24)21(14)11-6-4-10(3)5-7-11/h4-7,9H,8H2,1-3H3,(H,18,22)(H,19,20,23). The van der Waals surface area contributed by atoms with Crippen LogP contribution in [-0.2, 0) is 4.79 Å². The first-order valence-corrected chi connectivity index (χ1v) is 10.2. The van der Waals surface area contributed by atoms with Gasteiger partial charge in [-0.15, -0.1) is 0 Å². The lowest BCUT2D eigenvalue weighted by atomic mass is 10.2. The Labute approximate surface area is 163 Å². The van der Waals surface area contributed by atoms with Crippen molar-refractivity contribution in [2.75, 3.05) is 5.75 Å². The van der Waals surface area contributed by atoms with Gasteiger partial charge in [-0.2, -0.15) is 0 Å². The SMILES string of the molecule is Cc1ccc(-n2c(=S)sc3c(=O)[nH]c(SCC(=O)NC(C)C)nc32)cc1. The first-order valence-electron chi connectivity index (χ1n) is 8.00. The van der Waals surface area contributed by atoms with Gasteiger partial charge in [0.25, 0.3) is 5.56 Å². The van der Waals surface area contributed by atoms with Crippen molar-refractivity contribution in [2.45, 2.75) is 32.0 Å². The van der Waals surface area contributed by atoms with Crippen LogP contribution >= 0.6 is 35.3 Å². The Morgan fingerprint density at radius 2 is 2.08 bits per heavy atom. The predicted octanol–water partition coefficient (Wildman–Crippen LogP) is 3.43. The van der Waals surface area contributed by atoms with Crippen LogP contribution in [0.1, 0.15) is 19.4 Å². The number of aromatic nitrogens is 3. The van der Waals surface area contributed by atoms with E-state index < -0.39 is 0 Å². The number of nitrogens with one attached hydrogen (secondary N) is 2. The van der Waals surface area contributed by atoms with Crippen molar-refractivity contribution in [2.24, 2.45) is 0 Å². The maximum absolute atomic E-state index is 12.4. The van der Waals surface area contributed by atoms with E-state index in [0.717, 1.165) is 11.3 Å². The summed E-state index contributed by atoms with van der Waals surface area (Å²) in [6.07, 6.45) is 0. The lowest BCUT2D eigenvalue weighted by Gasteiger charge is -2.08. The molecular weight excluding hydrogens is 388 g/mol. The van der Waals surface area contributed by atoms with Crippen molar-refractivity contribution in [1.29, 1.82) is 0 Å². The van der Waals surface area contributed by atoms with Gasteiger partial charge in [-0.25, -0.2) is 4.98 Å². The van der Waals surface area contributed by atoms with Gasteiger partial charge in [0.2, 0.25) is 5.91 Å². The number of aryl methyl sites for hydroxylation is 1. The second-order valence-electron chi connectivity index (χ2n) is 6.07. The third kappa shape index (κ3) is 4.05. The number of thiazole rings is 1. The van der Waals surface area contributed by atoms with Crippen LogP contribution in [0.25, 0.3) is 16.0 Å². The molecule has 3 aromatic rings. The molecule has 0 atom stereocenters. The third-order valence-corrected chi connectivity index (χ3v) is 5.74. The maximum Gasteiger partial charge on any atom is 0.271 e. The molecule has 6 nitrogen and oxygen atoms in total. The number of thioether (sulfide) groups is 1. The number of nitrogens with zero attached hydrogens (tertiary/aromatic N) is 2. The molecule has 0 radical (unpaired) electrons. The van der Waals surface area contributed by atoms with Crippen LogP contribution < -0.4 is 10.9 Å². The summed E-state index contributed by atoms with van der Waals surface area (Å²) in [5.41, 5.74) is 2.26. The van der Waals surface area contributed by atoms with E-state index in [1.807, 2.05) is 45.0 Å². The van der Waals surface area contributed by atoms with Gasteiger partial charge in [0.1, 0.15) is 4.70 Å². The molecule has 26 heavy (non-hydrogen) atoms. The molecule has 2 aromatic heterocycles. The molecule has 0 unspecified atom stereocenters. The summed E-state index contributed by atoms with van der Waals surface area (Å²) in [6, 6.07) is 7.94. The van der Waals surface area contributed by atoms with Crippen LogP contribution in [0.2, 0.25) is 0 Å². The number of hydrogen-bond acceptors (Lipinski definition) is 6. The number of aromatic amines is 1. The number of fused-ring (bicyclic) bond motifs is 1. The Morgan fingerprint density at radius 1 is 1.38 bits per heavy atom. The molecule has 1 aromatic carbocycles. The molecule has 0 saturated heterocycles. The molecule has 1 amide bonds. The van der Waals surface area contributed by atoms with Crippen LogP contribution in [0, 0.1) is 10.9 Å². The fourth-order valence-corrected chi connectivity index (χ4v) is 4.32. The lowest BCUT2D eigenvalue weighted by Crippen LogP contribution is -2.31. The summed E-state index contributed by atoms with van der Waals surface area (Å²) in [5, 5.41) is 3.21.